The van der Waals surface area contributed by atoms with Gasteiger partial charge in [0.2, 0.25) is 0 Å². The molecule has 0 saturated heterocycles. The van der Waals surface area contributed by atoms with Gasteiger partial charge in [-0.1, -0.05) is 13.3 Å². The fraction of sp³-hybridized carbons (Fsp3) is 0.438. The maximum Gasteiger partial charge on any atom is 0.123 e. The largest absolute Gasteiger partial charge is 0.383 e. The number of ether oxygens (including phenoxy) is 1. The van der Waals surface area contributed by atoms with E-state index in [2.05, 4.69) is 11.9 Å². The predicted octanol–water partition coefficient (Wildman–Crippen LogP) is 3.40. The van der Waals surface area contributed by atoms with Crippen LogP contribution in [0.4, 0.5) is 4.39 Å². The topological polar surface area (TPSA) is 42.4 Å². The molecule has 1 aromatic heterocycles. The Bertz CT molecular complexity index is 584. The second-order valence-corrected chi connectivity index (χ2v) is 5.20. The molecule has 2 rings (SSSR count). The summed E-state index contributed by atoms with van der Waals surface area (Å²) in [5.41, 5.74) is 0.138. The van der Waals surface area contributed by atoms with E-state index in [1.54, 1.807) is 25.3 Å². The van der Waals surface area contributed by atoms with E-state index in [1.165, 1.54) is 12.1 Å². The highest BCUT2D eigenvalue weighted by molar-refractivity contribution is 5.82. The first-order chi connectivity index (χ1) is 9.54. The van der Waals surface area contributed by atoms with Crippen molar-refractivity contribution in [2.45, 2.75) is 32.3 Å². The molecule has 1 N–H and O–H groups in total. The van der Waals surface area contributed by atoms with Crippen molar-refractivity contribution >= 4 is 10.9 Å². The van der Waals surface area contributed by atoms with Crippen molar-refractivity contribution in [2.24, 2.45) is 0 Å². The quantitative estimate of drug-likeness (QED) is 0.823. The molecule has 0 spiro atoms. The lowest BCUT2D eigenvalue weighted by Crippen LogP contribution is -2.28. The summed E-state index contributed by atoms with van der Waals surface area (Å²) in [4.78, 5) is 4.19. The standard InChI is InChI=1S/C16H20FNO2/c1-3-4-9-20-11-16(2,19)14-7-8-18-15-6-5-12(17)10-13(14)15/h5-8,10,19H,3-4,9,11H2,1-2H3. The Morgan fingerprint density at radius 3 is 2.90 bits per heavy atom. The molecule has 0 bridgehead atoms. The maximum atomic E-state index is 13.4. The highest BCUT2D eigenvalue weighted by atomic mass is 19.1. The molecular weight excluding hydrogens is 257 g/mol. The third-order valence-electron chi connectivity index (χ3n) is 3.31. The third kappa shape index (κ3) is 3.32. The molecule has 1 atom stereocenters. The first-order valence-electron chi connectivity index (χ1n) is 6.89. The van der Waals surface area contributed by atoms with Gasteiger partial charge in [0, 0.05) is 18.2 Å². The molecule has 0 radical (unpaired) electrons. The number of pyridine rings is 1. The molecule has 20 heavy (non-hydrogen) atoms. The van der Waals surface area contributed by atoms with Gasteiger partial charge in [0.05, 0.1) is 12.1 Å². The molecule has 0 aliphatic carbocycles. The number of hydrogen-bond acceptors (Lipinski definition) is 3. The van der Waals surface area contributed by atoms with Crippen LogP contribution in [0.5, 0.6) is 0 Å². The number of rotatable bonds is 6. The Kier molecular flexibility index (Phi) is 4.68. The number of fused-ring (bicyclic) bond motifs is 1. The zero-order valence-electron chi connectivity index (χ0n) is 11.9. The van der Waals surface area contributed by atoms with E-state index in [9.17, 15) is 9.50 Å². The maximum absolute atomic E-state index is 13.4. The number of aliphatic hydroxyl groups is 1. The van der Waals surface area contributed by atoms with E-state index in [0.29, 0.717) is 23.1 Å². The fourth-order valence-electron chi connectivity index (χ4n) is 2.18. The summed E-state index contributed by atoms with van der Waals surface area (Å²) in [7, 11) is 0. The number of benzene rings is 1. The highest BCUT2D eigenvalue weighted by Crippen LogP contribution is 2.28. The van der Waals surface area contributed by atoms with Crippen LogP contribution in [-0.4, -0.2) is 23.3 Å². The Labute approximate surface area is 118 Å². The molecule has 3 nitrogen and oxygen atoms in total. The van der Waals surface area contributed by atoms with Crippen molar-refractivity contribution in [2.75, 3.05) is 13.2 Å². The summed E-state index contributed by atoms with van der Waals surface area (Å²) in [6.45, 7) is 4.56. The SMILES string of the molecule is CCCCOCC(C)(O)c1ccnc2ccc(F)cc12. The molecule has 1 heterocycles. The first-order valence-corrected chi connectivity index (χ1v) is 6.89. The number of nitrogens with zero attached hydrogens (tertiary/aromatic N) is 1. The van der Waals surface area contributed by atoms with Crippen molar-refractivity contribution in [3.63, 3.8) is 0 Å². The lowest BCUT2D eigenvalue weighted by atomic mass is 9.93. The zero-order valence-corrected chi connectivity index (χ0v) is 11.9. The average Bonchev–Trinajstić information content (AvgIpc) is 2.43. The molecule has 2 aromatic rings. The van der Waals surface area contributed by atoms with E-state index in [0.717, 1.165) is 12.8 Å². The minimum atomic E-state index is -1.16. The second kappa shape index (κ2) is 6.29. The molecule has 0 saturated carbocycles. The van der Waals surface area contributed by atoms with Gasteiger partial charge in [-0.25, -0.2) is 4.39 Å². The summed E-state index contributed by atoms with van der Waals surface area (Å²) >= 11 is 0. The summed E-state index contributed by atoms with van der Waals surface area (Å²) in [5.74, 6) is -0.338. The van der Waals surface area contributed by atoms with E-state index >= 15 is 0 Å². The fourth-order valence-corrected chi connectivity index (χ4v) is 2.18. The van der Waals surface area contributed by atoms with Crippen molar-refractivity contribution in [3.05, 3.63) is 41.8 Å². The summed E-state index contributed by atoms with van der Waals surface area (Å²) in [6.07, 6.45) is 3.63. The average molecular weight is 277 g/mol. The number of unbranched alkanes of at least 4 members (excludes halogenated alkanes) is 1. The number of halogens is 1. The molecule has 0 fully saturated rings. The van der Waals surface area contributed by atoms with Crippen LogP contribution in [-0.2, 0) is 10.3 Å². The minimum Gasteiger partial charge on any atom is -0.383 e. The van der Waals surface area contributed by atoms with Gasteiger partial charge in [-0.2, -0.15) is 0 Å². The van der Waals surface area contributed by atoms with Gasteiger partial charge in [0.15, 0.2) is 0 Å². The summed E-state index contributed by atoms with van der Waals surface area (Å²) in [6, 6.07) is 6.09. The Hall–Kier alpha value is -1.52. The molecule has 108 valence electrons. The van der Waals surface area contributed by atoms with E-state index < -0.39 is 5.60 Å². The monoisotopic (exact) mass is 277 g/mol. The van der Waals surface area contributed by atoms with Crippen LogP contribution >= 0.6 is 0 Å². The van der Waals surface area contributed by atoms with Crippen molar-refractivity contribution in [1.29, 1.82) is 0 Å². The van der Waals surface area contributed by atoms with E-state index in [1.807, 2.05) is 0 Å². The van der Waals surface area contributed by atoms with Gasteiger partial charge in [0.1, 0.15) is 11.4 Å². The molecule has 0 amide bonds. The number of hydrogen-bond donors (Lipinski definition) is 1. The van der Waals surface area contributed by atoms with Gasteiger partial charge in [0.25, 0.3) is 0 Å². The van der Waals surface area contributed by atoms with E-state index in [4.69, 9.17) is 4.74 Å². The molecule has 0 aliphatic rings. The molecule has 1 unspecified atom stereocenters. The van der Waals surface area contributed by atoms with Gasteiger partial charge in [-0.3, -0.25) is 4.98 Å². The summed E-state index contributed by atoms with van der Waals surface area (Å²) < 4.78 is 18.9. The summed E-state index contributed by atoms with van der Waals surface area (Å²) in [5, 5.41) is 11.2. The van der Waals surface area contributed by atoms with Crippen LogP contribution < -0.4 is 0 Å². The number of aromatic nitrogens is 1. The smallest absolute Gasteiger partial charge is 0.123 e. The normalized spacial score (nSPS) is 14.4. The van der Waals surface area contributed by atoms with Crippen LogP contribution in [0.2, 0.25) is 0 Å². The lowest BCUT2D eigenvalue weighted by Gasteiger charge is -2.25. The van der Waals surface area contributed by atoms with E-state index in [-0.39, 0.29) is 12.4 Å². The van der Waals surface area contributed by atoms with Gasteiger partial charge in [-0.05, 0) is 43.2 Å². The van der Waals surface area contributed by atoms with Crippen molar-refractivity contribution < 1.29 is 14.2 Å². The minimum absolute atomic E-state index is 0.183. The molecule has 4 heteroatoms. The van der Waals surface area contributed by atoms with Crippen LogP contribution in [0.15, 0.2) is 30.5 Å². The molecule has 0 aliphatic heterocycles. The third-order valence-corrected chi connectivity index (χ3v) is 3.31. The van der Waals surface area contributed by atoms with Crippen LogP contribution in [0.3, 0.4) is 0 Å². The van der Waals surface area contributed by atoms with Crippen molar-refractivity contribution in [1.82, 2.24) is 4.98 Å². The van der Waals surface area contributed by atoms with Gasteiger partial charge < -0.3 is 9.84 Å². The highest BCUT2D eigenvalue weighted by Gasteiger charge is 2.26. The molecule has 1 aromatic carbocycles. The zero-order chi connectivity index (χ0) is 14.6. The van der Waals surface area contributed by atoms with Crippen LogP contribution in [0.25, 0.3) is 10.9 Å². The lowest BCUT2D eigenvalue weighted by molar-refractivity contribution is -0.0373. The van der Waals surface area contributed by atoms with Crippen molar-refractivity contribution in [3.8, 4) is 0 Å². The van der Waals surface area contributed by atoms with Crippen LogP contribution in [0.1, 0.15) is 32.3 Å². The predicted molar refractivity (Wildman–Crippen MR) is 77.0 cm³/mol. The van der Waals surface area contributed by atoms with Gasteiger partial charge >= 0.3 is 0 Å². The van der Waals surface area contributed by atoms with Crippen LogP contribution in [0, 0.1) is 5.82 Å². The Morgan fingerprint density at radius 2 is 2.15 bits per heavy atom. The first kappa shape index (κ1) is 14.9. The van der Waals surface area contributed by atoms with Gasteiger partial charge in [-0.15, -0.1) is 0 Å². The molecular formula is C16H20FNO2. The Balaban J connectivity index is 2.28. The second-order valence-electron chi connectivity index (χ2n) is 5.20. The Morgan fingerprint density at radius 1 is 1.35 bits per heavy atom.